The van der Waals surface area contributed by atoms with Gasteiger partial charge in [-0.25, -0.2) is 0 Å². The van der Waals surface area contributed by atoms with Crippen LogP contribution in [-0.2, 0) is 0 Å². The van der Waals surface area contributed by atoms with E-state index in [1.165, 1.54) is 31.2 Å². The van der Waals surface area contributed by atoms with Gasteiger partial charge in [0.25, 0.3) is 0 Å². The standard InChI is InChI=1S/C16H24ClN/c1-3-5-6-7-8-12-16(18-4-2)14-10-9-11-15(17)13-14/h3,9-11,13,16,18H,1,4-8,12H2,2H3. The molecule has 1 rings (SSSR count). The second-order valence-corrected chi connectivity index (χ2v) is 5.03. The minimum atomic E-state index is 0.428. The second kappa shape index (κ2) is 9.18. The fourth-order valence-corrected chi connectivity index (χ4v) is 2.37. The summed E-state index contributed by atoms with van der Waals surface area (Å²) in [7, 11) is 0. The van der Waals surface area contributed by atoms with Crippen LogP contribution in [-0.4, -0.2) is 6.54 Å². The Kier molecular flexibility index (Phi) is 7.79. The Morgan fingerprint density at radius 1 is 1.33 bits per heavy atom. The molecule has 0 bridgehead atoms. The van der Waals surface area contributed by atoms with Gasteiger partial charge in [0.15, 0.2) is 0 Å². The molecular formula is C16H24ClN. The van der Waals surface area contributed by atoms with Crippen LogP contribution in [0.2, 0.25) is 5.02 Å². The molecule has 0 spiro atoms. The van der Waals surface area contributed by atoms with E-state index in [2.05, 4.69) is 31.0 Å². The largest absolute Gasteiger partial charge is 0.310 e. The zero-order valence-corrected chi connectivity index (χ0v) is 12.0. The van der Waals surface area contributed by atoms with E-state index in [9.17, 15) is 0 Å². The van der Waals surface area contributed by atoms with Gasteiger partial charge in [-0.1, -0.05) is 49.6 Å². The van der Waals surface area contributed by atoms with Gasteiger partial charge in [-0.2, -0.15) is 0 Å². The van der Waals surface area contributed by atoms with Gasteiger partial charge in [-0.15, -0.1) is 6.58 Å². The summed E-state index contributed by atoms with van der Waals surface area (Å²) in [6.45, 7) is 6.89. The van der Waals surface area contributed by atoms with Gasteiger partial charge < -0.3 is 5.32 Å². The number of unbranched alkanes of at least 4 members (excludes halogenated alkanes) is 3. The Balaban J connectivity index is 2.46. The van der Waals surface area contributed by atoms with Crippen LogP contribution in [0.5, 0.6) is 0 Å². The number of halogens is 1. The van der Waals surface area contributed by atoms with E-state index in [1.807, 2.05) is 18.2 Å². The third-order valence-corrected chi connectivity index (χ3v) is 3.34. The summed E-state index contributed by atoms with van der Waals surface area (Å²) in [5, 5.41) is 4.36. The molecule has 0 amide bonds. The summed E-state index contributed by atoms with van der Waals surface area (Å²) in [4.78, 5) is 0. The molecule has 1 atom stereocenters. The molecule has 1 aromatic rings. The third kappa shape index (κ3) is 5.70. The number of hydrogen-bond donors (Lipinski definition) is 1. The molecule has 0 saturated carbocycles. The van der Waals surface area contributed by atoms with Crippen LogP contribution < -0.4 is 5.32 Å². The Morgan fingerprint density at radius 2 is 2.17 bits per heavy atom. The van der Waals surface area contributed by atoms with Gasteiger partial charge in [-0.3, -0.25) is 0 Å². The summed E-state index contributed by atoms with van der Waals surface area (Å²) in [5.41, 5.74) is 1.30. The van der Waals surface area contributed by atoms with E-state index in [4.69, 9.17) is 11.6 Å². The molecule has 1 nitrogen and oxygen atoms in total. The molecule has 1 aromatic carbocycles. The maximum atomic E-state index is 6.05. The fraction of sp³-hybridized carbons (Fsp3) is 0.500. The minimum absolute atomic E-state index is 0.428. The van der Waals surface area contributed by atoms with Crippen molar-refractivity contribution in [3.8, 4) is 0 Å². The van der Waals surface area contributed by atoms with E-state index >= 15 is 0 Å². The first kappa shape index (κ1) is 15.3. The molecule has 0 aliphatic heterocycles. The quantitative estimate of drug-likeness (QED) is 0.482. The monoisotopic (exact) mass is 265 g/mol. The van der Waals surface area contributed by atoms with Crippen molar-refractivity contribution < 1.29 is 0 Å². The van der Waals surface area contributed by atoms with Gasteiger partial charge in [-0.05, 0) is 43.5 Å². The number of allylic oxidation sites excluding steroid dienone is 1. The van der Waals surface area contributed by atoms with E-state index < -0.39 is 0 Å². The van der Waals surface area contributed by atoms with E-state index in [0.717, 1.165) is 18.0 Å². The smallest absolute Gasteiger partial charge is 0.0409 e. The van der Waals surface area contributed by atoms with Crippen LogP contribution in [0.15, 0.2) is 36.9 Å². The molecule has 0 radical (unpaired) electrons. The van der Waals surface area contributed by atoms with Gasteiger partial charge in [0.1, 0.15) is 0 Å². The topological polar surface area (TPSA) is 12.0 Å². The highest BCUT2D eigenvalue weighted by Gasteiger charge is 2.09. The maximum Gasteiger partial charge on any atom is 0.0409 e. The summed E-state index contributed by atoms with van der Waals surface area (Å²) >= 11 is 6.05. The molecule has 0 aliphatic rings. The highest BCUT2D eigenvalue weighted by atomic mass is 35.5. The first-order valence-electron chi connectivity index (χ1n) is 6.87. The summed E-state index contributed by atoms with van der Waals surface area (Å²) in [6, 6.07) is 8.61. The molecule has 0 fully saturated rings. The van der Waals surface area contributed by atoms with Crippen molar-refractivity contribution in [1.82, 2.24) is 5.32 Å². The fourth-order valence-electron chi connectivity index (χ4n) is 2.17. The lowest BCUT2D eigenvalue weighted by Gasteiger charge is -2.18. The zero-order valence-electron chi connectivity index (χ0n) is 11.3. The van der Waals surface area contributed by atoms with Gasteiger partial charge in [0, 0.05) is 11.1 Å². The maximum absolute atomic E-state index is 6.05. The Hall–Kier alpha value is -0.790. The summed E-state index contributed by atoms with van der Waals surface area (Å²) in [6.07, 6.45) is 8.07. The number of nitrogens with one attached hydrogen (secondary N) is 1. The zero-order chi connectivity index (χ0) is 13.2. The normalized spacial score (nSPS) is 12.3. The van der Waals surface area contributed by atoms with Crippen LogP contribution in [0.3, 0.4) is 0 Å². The summed E-state index contributed by atoms with van der Waals surface area (Å²) in [5.74, 6) is 0. The predicted octanol–water partition coefficient (Wildman–Crippen LogP) is 5.13. The van der Waals surface area contributed by atoms with E-state index in [1.54, 1.807) is 0 Å². The van der Waals surface area contributed by atoms with Crippen molar-refractivity contribution in [3.63, 3.8) is 0 Å². The van der Waals surface area contributed by atoms with Crippen LogP contribution in [0, 0.1) is 0 Å². The average molecular weight is 266 g/mol. The van der Waals surface area contributed by atoms with E-state index in [-0.39, 0.29) is 0 Å². The number of rotatable bonds is 9. The molecule has 0 aliphatic carbocycles. The highest BCUT2D eigenvalue weighted by molar-refractivity contribution is 6.30. The van der Waals surface area contributed by atoms with Crippen molar-refractivity contribution in [3.05, 3.63) is 47.5 Å². The molecule has 2 heteroatoms. The van der Waals surface area contributed by atoms with Crippen LogP contribution in [0.1, 0.15) is 50.6 Å². The molecule has 1 unspecified atom stereocenters. The number of benzene rings is 1. The van der Waals surface area contributed by atoms with Crippen molar-refractivity contribution in [2.24, 2.45) is 0 Å². The molecule has 0 aromatic heterocycles. The lowest BCUT2D eigenvalue weighted by molar-refractivity contribution is 0.484. The van der Waals surface area contributed by atoms with Gasteiger partial charge in [0.2, 0.25) is 0 Å². The molecule has 0 saturated heterocycles. The van der Waals surface area contributed by atoms with Gasteiger partial charge in [0.05, 0.1) is 0 Å². The summed E-state index contributed by atoms with van der Waals surface area (Å²) < 4.78 is 0. The van der Waals surface area contributed by atoms with Crippen molar-refractivity contribution in [1.29, 1.82) is 0 Å². The average Bonchev–Trinajstić information content (AvgIpc) is 2.37. The SMILES string of the molecule is C=CCCCCCC(NCC)c1cccc(Cl)c1. The molecule has 0 heterocycles. The highest BCUT2D eigenvalue weighted by Crippen LogP contribution is 2.22. The van der Waals surface area contributed by atoms with Crippen molar-refractivity contribution in [2.45, 2.75) is 45.1 Å². The van der Waals surface area contributed by atoms with Crippen molar-refractivity contribution in [2.75, 3.05) is 6.54 Å². The Morgan fingerprint density at radius 3 is 2.83 bits per heavy atom. The van der Waals surface area contributed by atoms with E-state index in [0.29, 0.717) is 6.04 Å². The molecule has 1 N–H and O–H groups in total. The molecular weight excluding hydrogens is 242 g/mol. The lowest BCUT2D eigenvalue weighted by Crippen LogP contribution is -2.20. The Bertz CT molecular complexity index is 349. The van der Waals surface area contributed by atoms with Crippen LogP contribution >= 0.6 is 11.6 Å². The molecule has 100 valence electrons. The Labute approximate surface area is 116 Å². The number of hydrogen-bond acceptors (Lipinski definition) is 1. The lowest BCUT2D eigenvalue weighted by atomic mass is 10.00. The van der Waals surface area contributed by atoms with Crippen molar-refractivity contribution >= 4 is 11.6 Å². The minimum Gasteiger partial charge on any atom is -0.310 e. The van der Waals surface area contributed by atoms with Crippen LogP contribution in [0.4, 0.5) is 0 Å². The first-order valence-corrected chi connectivity index (χ1v) is 7.25. The second-order valence-electron chi connectivity index (χ2n) is 4.59. The van der Waals surface area contributed by atoms with Gasteiger partial charge >= 0.3 is 0 Å². The first-order chi connectivity index (χ1) is 8.77. The predicted molar refractivity (Wildman–Crippen MR) is 81.2 cm³/mol. The molecule has 18 heavy (non-hydrogen) atoms. The third-order valence-electron chi connectivity index (χ3n) is 3.10. The van der Waals surface area contributed by atoms with Crippen LogP contribution in [0.25, 0.3) is 0 Å².